The molecule has 0 bridgehead atoms. The summed E-state index contributed by atoms with van der Waals surface area (Å²) in [5.74, 6) is -0.0945. The van der Waals surface area contributed by atoms with Gasteiger partial charge in [0.25, 0.3) is 0 Å². The van der Waals surface area contributed by atoms with Gasteiger partial charge in [0.05, 0.1) is 16.6 Å². The van der Waals surface area contributed by atoms with E-state index in [0.29, 0.717) is 5.65 Å². The predicted octanol–water partition coefficient (Wildman–Crippen LogP) is 6.48. The molecule has 0 saturated carbocycles. The van der Waals surface area contributed by atoms with Gasteiger partial charge in [0.15, 0.2) is 5.65 Å². The first-order valence-electron chi connectivity index (χ1n) is 10.9. The van der Waals surface area contributed by atoms with Gasteiger partial charge in [-0.1, -0.05) is 53.5 Å². The standard InChI is InChI=1S/C26H23BrN4O/c1-2-3-6-17-9-12-19(13-10-17)28-24(32)16-31-23-14-11-18(27)15-20(23)25-26(31)30-22-8-5-4-7-21(22)29-25/h4-5,7-15H,2-3,6,16H2,1H3,(H,28,32). The van der Waals surface area contributed by atoms with E-state index in [0.717, 1.165) is 44.0 Å². The molecular weight excluding hydrogens is 464 g/mol. The van der Waals surface area contributed by atoms with Crippen molar-refractivity contribution in [3.05, 3.63) is 76.8 Å². The fraction of sp³-hybridized carbons (Fsp3) is 0.192. The van der Waals surface area contributed by atoms with Gasteiger partial charge in [-0.2, -0.15) is 0 Å². The van der Waals surface area contributed by atoms with Crippen molar-refractivity contribution in [3.63, 3.8) is 0 Å². The zero-order valence-electron chi connectivity index (χ0n) is 17.8. The maximum Gasteiger partial charge on any atom is 0.244 e. The number of benzene rings is 3. The van der Waals surface area contributed by atoms with E-state index < -0.39 is 0 Å². The number of nitrogens with one attached hydrogen (secondary N) is 1. The van der Waals surface area contributed by atoms with Crippen LogP contribution in [-0.4, -0.2) is 20.4 Å². The second-order valence-corrected chi connectivity index (χ2v) is 8.90. The number of aromatic nitrogens is 3. The first-order valence-corrected chi connectivity index (χ1v) is 11.6. The number of amides is 1. The van der Waals surface area contributed by atoms with Crippen LogP contribution in [0.4, 0.5) is 5.69 Å². The van der Waals surface area contributed by atoms with Gasteiger partial charge >= 0.3 is 0 Å². The predicted molar refractivity (Wildman–Crippen MR) is 134 cm³/mol. The molecule has 0 aliphatic rings. The Hall–Kier alpha value is -3.25. The lowest BCUT2D eigenvalue weighted by atomic mass is 10.1. The highest BCUT2D eigenvalue weighted by molar-refractivity contribution is 9.10. The minimum absolute atomic E-state index is 0.0945. The Morgan fingerprint density at radius 3 is 2.50 bits per heavy atom. The van der Waals surface area contributed by atoms with E-state index in [1.165, 1.54) is 18.4 Å². The summed E-state index contributed by atoms with van der Waals surface area (Å²) >= 11 is 3.56. The fourth-order valence-electron chi connectivity index (χ4n) is 4.05. The van der Waals surface area contributed by atoms with Gasteiger partial charge in [0.2, 0.25) is 5.91 Å². The number of carbonyl (C=O) groups excluding carboxylic acids is 1. The number of aryl methyl sites for hydroxylation is 1. The van der Waals surface area contributed by atoms with E-state index in [2.05, 4.69) is 40.3 Å². The molecule has 1 N–H and O–H groups in total. The third kappa shape index (κ3) is 3.98. The lowest BCUT2D eigenvalue weighted by Crippen LogP contribution is -2.19. The second kappa shape index (κ2) is 8.71. The summed E-state index contributed by atoms with van der Waals surface area (Å²) in [5, 5.41) is 4.00. The molecule has 32 heavy (non-hydrogen) atoms. The molecular formula is C26H23BrN4O. The van der Waals surface area contributed by atoms with Crippen LogP contribution in [0.3, 0.4) is 0 Å². The molecule has 5 rings (SSSR count). The number of halogens is 1. The van der Waals surface area contributed by atoms with Crippen molar-refractivity contribution in [2.24, 2.45) is 0 Å². The Labute approximate surface area is 194 Å². The van der Waals surface area contributed by atoms with Crippen LogP contribution in [0.2, 0.25) is 0 Å². The van der Waals surface area contributed by atoms with E-state index in [-0.39, 0.29) is 12.5 Å². The molecule has 6 heteroatoms. The molecule has 0 spiro atoms. The molecule has 5 nitrogen and oxygen atoms in total. The van der Waals surface area contributed by atoms with E-state index in [1.807, 2.05) is 59.2 Å². The number of carbonyl (C=O) groups is 1. The van der Waals surface area contributed by atoms with E-state index in [1.54, 1.807) is 0 Å². The summed E-state index contributed by atoms with van der Waals surface area (Å²) in [6, 6.07) is 21.9. The van der Waals surface area contributed by atoms with Gasteiger partial charge in [-0.3, -0.25) is 4.79 Å². The molecule has 0 saturated heterocycles. The van der Waals surface area contributed by atoms with Gasteiger partial charge in [-0.15, -0.1) is 0 Å². The van der Waals surface area contributed by atoms with Crippen LogP contribution >= 0.6 is 15.9 Å². The minimum atomic E-state index is -0.0945. The van der Waals surface area contributed by atoms with Crippen molar-refractivity contribution in [3.8, 4) is 0 Å². The zero-order valence-corrected chi connectivity index (χ0v) is 19.4. The number of nitrogens with zero attached hydrogens (tertiary/aromatic N) is 3. The van der Waals surface area contributed by atoms with E-state index >= 15 is 0 Å². The van der Waals surface area contributed by atoms with Crippen molar-refractivity contribution in [2.75, 3.05) is 5.32 Å². The van der Waals surface area contributed by atoms with Crippen molar-refractivity contribution >= 4 is 60.6 Å². The van der Waals surface area contributed by atoms with Crippen LogP contribution < -0.4 is 5.32 Å². The quantitative estimate of drug-likeness (QED) is 0.298. The Morgan fingerprint density at radius 1 is 1.00 bits per heavy atom. The monoisotopic (exact) mass is 486 g/mol. The number of anilines is 1. The lowest BCUT2D eigenvalue weighted by molar-refractivity contribution is -0.116. The van der Waals surface area contributed by atoms with Gasteiger partial charge in [0.1, 0.15) is 12.1 Å². The van der Waals surface area contributed by atoms with Gasteiger partial charge in [-0.05, 0) is 60.9 Å². The average molecular weight is 487 g/mol. The van der Waals surface area contributed by atoms with Crippen LogP contribution in [0.25, 0.3) is 33.1 Å². The molecule has 1 amide bonds. The van der Waals surface area contributed by atoms with Crippen molar-refractivity contribution in [1.82, 2.24) is 14.5 Å². The summed E-state index contributed by atoms with van der Waals surface area (Å²) < 4.78 is 2.91. The van der Waals surface area contributed by atoms with Gasteiger partial charge in [0, 0.05) is 15.5 Å². The lowest BCUT2D eigenvalue weighted by Gasteiger charge is -2.09. The molecule has 2 heterocycles. The Kier molecular flexibility index (Phi) is 5.62. The Bertz CT molecular complexity index is 1440. The summed E-state index contributed by atoms with van der Waals surface area (Å²) in [6.45, 7) is 2.35. The summed E-state index contributed by atoms with van der Waals surface area (Å²) in [4.78, 5) is 22.7. The molecule has 0 atom stereocenters. The normalized spacial score (nSPS) is 11.4. The Balaban J connectivity index is 1.50. The highest BCUT2D eigenvalue weighted by Crippen LogP contribution is 2.30. The smallest absolute Gasteiger partial charge is 0.244 e. The molecule has 0 unspecified atom stereocenters. The summed E-state index contributed by atoms with van der Waals surface area (Å²) in [6.07, 6.45) is 3.41. The number of para-hydroxylation sites is 2. The second-order valence-electron chi connectivity index (χ2n) is 7.98. The van der Waals surface area contributed by atoms with Crippen molar-refractivity contribution < 1.29 is 4.79 Å². The minimum Gasteiger partial charge on any atom is -0.325 e. The van der Waals surface area contributed by atoms with E-state index in [9.17, 15) is 4.79 Å². The molecule has 5 aromatic rings. The first kappa shape index (κ1) is 20.6. The van der Waals surface area contributed by atoms with Crippen molar-refractivity contribution in [1.29, 1.82) is 0 Å². The first-order chi connectivity index (χ1) is 15.6. The van der Waals surface area contributed by atoms with Crippen LogP contribution in [-0.2, 0) is 17.8 Å². The number of hydrogen-bond donors (Lipinski definition) is 1. The fourth-order valence-corrected chi connectivity index (χ4v) is 4.41. The number of rotatable bonds is 6. The van der Waals surface area contributed by atoms with Crippen LogP contribution in [0, 0.1) is 0 Å². The maximum atomic E-state index is 13.0. The largest absolute Gasteiger partial charge is 0.325 e. The van der Waals surface area contributed by atoms with E-state index in [4.69, 9.17) is 9.97 Å². The third-order valence-corrected chi connectivity index (χ3v) is 6.16. The average Bonchev–Trinajstić information content (AvgIpc) is 3.09. The molecule has 0 aliphatic carbocycles. The number of fused-ring (bicyclic) bond motifs is 4. The highest BCUT2D eigenvalue weighted by atomic mass is 79.9. The highest BCUT2D eigenvalue weighted by Gasteiger charge is 2.17. The Morgan fingerprint density at radius 2 is 1.75 bits per heavy atom. The summed E-state index contributed by atoms with van der Waals surface area (Å²) in [7, 11) is 0. The number of unbranched alkanes of at least 4 members (excludes halogenated alkanes) is 1. The number of hydrogen-bond acceptors (Lipinski definition) is 3. The third-order valence-electron chi connectivity index (χ3n) is 5.67. The molecule has 0 radical (unpaired) electrons. The molecule has 0 aliphatic heterocycles. The van der Waals surface area contributed by atoms with Gasteiger partial charge in [-0.25, -0.2) is 9.97 Å². The SMILES string of the molecule is CCCCc1ccc(NC(=O)Cn2c3ccc(Br)cc3c3nc4ccccc4nc32)cc1. The maximum absolute atomic E-state index is 13.0. The van der Waals surface area contributed by atoms with Crippen LogP contribution in [0.15, 0.2) is 71.2 Å². The molecule has 2 aromatic heterocycles. The molecule has 3 aromatic carbocycles. The van der Waals surface area contributed by atoms with Crippen molar-refractivity contribution in [2.45, 2.75) is 32.7 Å². The zero-order chi connectivity index (χ0) is 22.1. The molecule has 0 fully saturated rings. The molecule has 160 valence electrons. The summed E-state index contributed by atoms with van der Waals surface area (Å²) in [5.41, 5.74) is 6.19. The topological polar surface area (TPSA) is 59.8 Å². The van der Waals surface area contributed by atoms with Gasteiger partial charge < -0.3 is 9.88 Å². The van der Waals surface area contributed by atoms with Crippen LogP contribution in [0.5, 0.6) is 0 Å². The van der Waals surface area contributed by atoms with Crippen LogP contribution in [0.1, 0.15) is 25.3 Å².